The molecule has 0 aliphatic carbocycles. The number of nitro groups is 1. The van der Waals surface area contributed by atoms with Gasteiger partial charge in [0.2, 0.25) is 11.9 Å². The van der Waals surface area contributed by atoms with Crippen molar-refractivity contribution in [1.82, 2.24) is 14.8 Å². The summed E-state index contributed by atoms with van der Waals surface area (Å²) in [4.78, 5) is 38.1. The van der Waals surface area contributed by atoms with Crippen molar-refractivity contribution >= 4 is 29.1 Å². The van der Waals surface area contributed by atoms with Gasteiger partial charge in [0.1, 0.15) is 12.4 Å². The number of hydrogen-bond donors (Lipinski definition) is 2. The minimum atomic E-state index is -0.784. The number of fused-ring (bicyclic) bond motifs is 1. The van der Waals surface area contributed by atoms with E-state index in [1.807, 2.05) is 0 Å². The van der Waals surface area contributed by atoms with Crippen molar-refractivity contribution in [2.45, 2.75) is 19.4 Å². The van der Waals surface area contributed by atoms with Crippen LogP contribution >= 0.6 is 0 Å². The lowest BCUT2D eigenvalue weighted by molar-refractivity contribution is -0.385. The molecule has 118 valence electrons. The molecule has 2 heterocycles. The van der Waals surface area contributed by atoms with Crippen LogP contribution in [0.15, 0.2) is 24.5 Å². The molecule has 0 bridgehead atoms. The topological polar surface area (TPSA) is 132 Å². The molecule has 0 fully saturated rings. The molecule has 1 atom stereocenters. The summed E-state index contributed by atoms with van der Waals surface area (Å²) >= 11 is 0. The molecule has 3 rings (SSSR count). The number of hydrogen-bond acceptors (Lipinski definition) is 6. The van der Waals surface area contributed by atoms with E-state index in [0.29, 0.717) is 17.2 Å². The molecular weight excluding hydrogens is 304 g/mol. The van der Waals surface area contributed by atoms with Gasteiger partial charge in [0.25, 0.3) is 11.6 Å². The SMILES string of the molecule is Cc1ccc(NC(=O)C[C@H]2C(=O)Nc3ncnn32)cc1[N+](=O)[O-]. The van der Waals surface area contributed by atoms with Gasteiger partial charge in [-0.3, -0.25) is 25.0 Å². The predicted molar refractivity (Wildman–Crippen MR) is 78.8 cm³/mol. The molecule has 2 aromatic rings. The van der Waals surface area contributed by atoms with Gasteiger partial charge in [-0.25, -0.2) is 4.68 Å². The first-order chi connectivity index (χ1) is 11.0. The maximum Gasteiger partial charge on any atom is 0.274 e. The molecule has 0 saturated heterocycles. The van der Waals surface area contributed by atoms with Crippen molar-refractivity contribution < 1.29 is 14.5 Å². The summed E-state index contributed by atoms with van der Waals surface area (Å²) in [5.74, 6) is -0.531. The van der Waals surface area contributed by atoms with Crippen molar-refractivity contribution in [3.05, 3.63) is 40.2 Å². The van der Waals surface area contributed by atoms with Crippen molar-refractivity contribution in [2.24, 2.45) is 0 Å². The second kappa shape index (κ2) is 5.48. The summed E-state index contributed by atoms with van der Waals surface area (Å²) < 4.78 is 1.33. The number of benzene rings is 1. The van der Waals surface area contributed by atoms with Gasteiger partial charge in [0.15, 0.2) is 0 Å². The summed E-state index contributed by atoms with van der Waals surface area (Å²) in [7, 11) is 0. The highest BCUT2D eigenvalue weighted by atomic mass is 16.6. The summed E-state index contributed by atoms with van der Waals surface area (Å²) in [6, 6.07) is 3.61. The smallest absolute Gasteiger partial charge is 0.274 e. The zero-order chi connectivity index (χ0) is 16.6. The van der Waals surface area contributed by atoms with E-state index in [4.69, 9.17) is 0 Å². The molecule has 10 heteroatoms. The van der Waals surface area contributed by atoms with Crippen LogP contribution < -0.4 is 10.6 Å². The predicted octanol–water partition coefficient (Wildman–Crippen LogP) is 1.02. The van der Waals surface area contributed by atoms with E-state index in [1.54, 1.807) is 19.1 Å². The molecule has 1 aromatic heterocycles. The molecule has 1 aromatic carbocycles. The van der Waals surface area contributed by atoms with Crippen LogP contribution in [0.25, 0.3) is 0 Å². The third kappa shape index (κ3) is 2.73. The normalized spacial score (nSPS) is 15.9. The fourth-order valence-electron chi connectivity index (χ4n) is 2.32. The van der Waals surface area contributed by atoms with Crippen LogP contribution in [0.3, 0.4) is 0 Å². The van der Waals surface area contributed by atoms with Gasteiger partial charge in [-0.15, -0.1) is 0 Å². The third-order valence-corrected chi connectivity index (χ3v) is 3.47. The van der Waals surface area contributed by atoms with Crippen molar-refractivity contribution in [3.63, 3.8) is 0 Å². The van der Waals surface area contributed by atoms with E-state index < -0.39 is 16.9 Å². The number of nitro benzene ring substituents is 1. The van der Waals surface area contributed by atoms with E-state index >= 15 is 0 Å². The monoisotopic (exact) mass is 316 g/mol. The van der Waals surface area contributed by atoms with E-state index in [9.17, 15) is 19.7 Å². The number of amides is 2. The molecule has 2 amide bonds. The number of nitrogens with one attached hydrogen (secondary N) is 2. The first kappa shape index (κ1) is 14.6. The molecule has 10 nitrogen and oxygen atoms in total. The molecule has 0 saturated carbocycles. The molecule has 23 heavy (non-hydrogen) atoms. The lowest BCUT2D eigenvalue weighted by Gasteiger charge is -2.10. The lowest BCUT2D eigenvalue weighted by Crippen LogP contribution is -2.23. The average Bonchev–Trinajstić information content (AvgIpc) is 3.04. The fourth-order valence-corrected chi connectivity index (χ4v) is 2.32. The molecule has 2 N–H and O–H groups in total. The van der Waals surface area contributed by atoms with Crippen LogP contribution in [-0.4, -0.2) is 31.5 Å². The quantitative estimate of drug-likeness (QED) is 0.639. The number of nitrogens with zero attached hydrogens (tertiary/aromatic N) is 4. The number of carbonyl (C=O) groups is 2. The second-order valence-electron chi connectivity index (χ2n) is 5.04. The fraction of sp³-hybridized carbons (Fsp3) is 0.231. The number of aryl methyl sites for hydroxylation is 1. The Morgan fingerprint density at radius 2 is 2.30 bits per heavy atom. The standard InChI is InChI=1S/C13H12N6O4/c1-7-2-3-8(4-9(7)19(22)23)16-11(20)5-10-12(21)17-13-14-6-15-18(10)13/h2-4,6,10H,5H2,1H3,(H,16,20)(H,14,15,17,21)/t10-/m0/s1. The molecule has 0 spiro atoms. The highest BCUT2D eigenvalue weighted by Crippen LogP contribution is 2.25. The average molecular weight is 316 g/mol. The van der Waals surface area contributed by atoms with E-state index in [1.165, 1.54) is 17.1 Å². The van der Waals surface area contributed by atoms with E-state index in [0.717, 1.165) is 0 Å². The largest absolute Gasteiger partial charge is 0.326 e. The molecule has 1 aliphatic rings. The van der Waals surface area contributed by atoms with Gasteiger partial charge in [-0.05, 0) is 13.0 Å². The molecule has 1 aliphatic heterocycles. The zero-order valence-corrected chi connectivity index (χ0v) is 12.0. The molecule has 0 unspecified atom stereocenters. The Balaban J connectivity index is 1.72. The number of rotatable bonds is 4. The number of anilines is 2. The summed E-state index contributed by atoms with van der Waals surface area (Å²) in [5.41, 5.74) is 0.708. The van der Waals surface area contributed by atoms with Crippen molar-refractivity contribution in [1.29, 1.82) is 0 Å². The first-order valence-electron chi connectivity index (χ1n) is 6.71. The lowest BCUT2D eigenvalue weighted by atomic mass is 10.1. The Labute approximate surface area is 129 Å². The van der Waals surface area contributed by atoms with Gasteiger partial charge in [-0.2, -0.15) is 10.1 Å². The van der Waals surface area contributed by atoms with E-state index in [-0.39, 0.29) is 18.0 Å². The van der Waals surface area contributed by atoms with Crippen LogP contribution in [0, 0.1) is 17.0 Å². The number of carbonyl (C=O) groups excluding carboxylic acids is 2. The molecule has 0 radical (unpaired) electrons. The van der Waals surface area contributed by atoms with Gasteiger partial charge < -0.3 is 5.32 Å². The highest BCUT2D eigenvalue weighted by Gasteiger charge is 2.33. The van der Waals surface area contributed by atoms with Gasteiger partial charge in [0, 0.05) is 17.3 Å². The Morgan fingerprint density at radius 3 is 3.04 bits per heavy atom. The van der Waals surface area contributed by atoms with Gasteiger partial charge in [-0.1, -0.05) is 6.07 Å². The Morgan fingerprint density at radius 1 is 1.52 bits per heavy atom. The maximum atomic E-state index is 12.1. The maximum absolute atomic E-state index is 12.1. The first-order valence-corrected chi connectivity index (χ1v) is 6.71. The summed E-state index contributed by atoms with van der Waals surface area (Å²) in [6.45, 7) is 1.61. The Bertz CT molecular complexity index is 815. The third-order valence-electron chi connectivity index (χ3n) is 3.47. The van der Waals surface area contributed by atoms with Crippen LogP contribution in [0.1, 0.15) is 18.0 Å². The van der Waals surface area contributed by atoms with Crippen LogP contribution in [0.4, 0.5) is 17.3 Å². The minimum Gasteiger partial charge on any atom is -0.326 e. The minimum absolute atomic E-state index is 0.0834. The van der Waals surface area contributed by atoms with Crippen molar-refractivity contribution in [2.75, 3.05) is 10.6 Å². The van der Waals surface area contributed by atoms with Crippen LogP contribution in [0.5, 0.6) is 0 Å². The van der Waals surface area contributed by atoms with Crippen LogP contribution in [-0.2, 0) is 9.59 Å². The van der Waals surface area contributed by atoms with E-state index in [2.05, 4.69) is 20.7 Å². The number of aromatic nitrogens is 3. The van der Waals surface area contributed by atoms with Crippen LogP contribution in [0.2, 0.25) is 0 Å². The van der Waals surface area contributed by atoms with Gasteiger partial charge >= 0.3 is 0 Å². The Kier molecular flexibility index (Phi) is 3.48. The second-order valence-corrected chi connectivity index (χ2v) is 5.04. The van der Waals surface area contributed by atoms with Crippen molar-refractivity contribution in [3.8, 4) is 0 Å². The Hall–Kier alpha value is -3.30. The highest BCUT2D eigenvalue weighted by molar-refractivity contribution is 6.00. The molecular formula is C13H12N6O4. The van der Waals surface area contributed by atoms with Gasteiger partial charge in [0.05, 0.1) is 11.3 Å². The zero-order valence-electron chi connectivity index (χ0n) is 12.0. The summed E-state index contributed by atoms with van der Waals surface area (Å²) in [6.07, 6.45) is 1.13. The summed E-state index contributed by atoms with van der Waals surface area (Å²) in [5, 5.41) is 19.9.